The first-order valence-electron chi connectivity index (χ1n) is 5.88. The fraction of sp³-hybridized carbons (Fsp3) is 0.385. The van der Waals surface area contributed by atoms with Crippen molar-refractivity contribution >= 4 is 11.9 Å². The van der Waals surface area contributed by atoms with Gasteiger partial charge in [0.15, 0.2) is 5.96 Å². The molecule has 1 saturated heterocycles. The average Bonchev–Trinajstić information content (AvgIpc) is 2.71. The maximum Gasteiger partial charge on any atom is 0.253 e. The Kier molecular flexibility index (Phi) is 3.94. The second-order valence-corrected chi connectivity index (χ2v) is 4.15. The highest BCUT2D eigenvalue weighted by Crippen LogP contribution is 2.19. The molecule has 0 saturated carbocycles. The Morgan fingerprint density at radius 1 is 1.39 bits per heavy atom. The molecule has 0 spiro atoms. The van der Waals surface area contributed by atoms with E-state index in [-0.39, 0.29) is 11.9 Å². The highest BCUT2D eigenvalue weighted by molar-refractivity contribution is 6.06. The van der Waals surface area contributed by atoms with Crippen molar-refractivity contribution in [2.45, 2.75) is 13.0 Å². The minimum absolute atomic E-state index is 0.0690. The lowest BCUT2D eigenvalue weighted by atomic mass is 10.0. The molecular weight excluding hydrogens is 230 g/mol. The fourth-order valence-corrected chi connectivity index (χ4v) is 1.89. The summed E-state index contributed by atoms with van der Waals surface area (Å²) in [6.07, 6.45) is 0. The number of hydrogen-bond acceptors (Lipinski definition) is 3. The number of hydrogen-bond donors (Lipinski definition) is 2. The second kappa shape index (κ2) is 5.64. The third-order valence-corrected chi connectivity index (χ3v) is 2.85. The lowest BCUT2D eigenvalue weighted by molar-refractivity contribution is -0.120. The first-order chi connectivity index (χ1) is 8.72. The number of aryl methyl sites for hydroxylation is 1. The van der Waals surface area contributed by atoms with Crippen LogP contribution in [0.5, 0.6) is 0 Å². The Hall–Kier alpha value is -1.88. The predicted octanol–water partition coefficient (Wildman–Crippen LogP) is 0.758. The van der Waals surface area contributed by atoms with Crippen LogP contribution < -0.4 is 10.6 Å². The van der Waals surface area contributed by atoms with E-state index < -0.39 is 0 Å². The van der Waals surface area contributed by atoms with Gasteiger partial charge in [-0.15, -0.1) is 0 Å². The number of ether oxygens (including phenoxy) is 1. The number of nitrogens with one attached hydrogen (secondary N) is 2. The number of carbonyl (C=O) groups excluding carboxylic acids is 1. The molecule has 1 unspecified atom stereocenters. The zero-order valence-electron chi connectivity index (χ0n) is 10.6. The van der Waals surface area contributed by atoms with Crippen LogP contribution in [0.4, 0.5) is 0 Å². The molecule has 0 bridgehead atoms. The number of nitrogens with zero attached hydrogens (tertiary/aromatic N) is 1. The lowest BCUT2D eigenvalue weighted by Crippen LogP contribution is -2.26. The normalized spacial score (nSPS) is 20.9. The topological polar surface area (TPSA) is 62.7 Å². The van der Waals surface area contributed by atoms with E-state index in [0.29, 0.717) is 19.1 Å². The molecule has 1 aliphatic rings. The smallest absolute Gasteiger partial charge is 0.253 e. The summed E-state index contributed by atoms with van der Waals surface area (Å²) in [5.41, 5.74) is 2.07. The average molecular weight is 247 g/mol. The highest BCUT2D eigenvalue weighted by atomic mass is 16.5. The van der Waals surface area contributed by atoms with Crippen LogP contribution in [0.3, 0.4) is 0 Å². The summed E-state index contributed by atoms with van der Waals surface area (Å²) < 4.78 is 4.91. The molecule has 5 heteroatoms. The summed E-state index contributed by atoms with van der Waals surface area (Å²) in [6.45, 7) is 3.06. The first-order valence-corrected chi connectivity index (χ1v) is 5.88. The summed E-state index contributed by atoms with van der Waals surface area (Å²) in [6, 6.07) is 7.47. The summed E-state index contributed by atoms with van der Waals surface area (Å²) in [5, 5.41) is 5.82. The van der Waals surface area contributed by atoms with Gasteiger partial charge < -0.3 is 10.1 Å². The van der Waals surface area contributed by atoms with Crippen molar-refractivity contribution in [3.8, 4) is 0 Å². The van der Waals surface area contributed by atoms with Crippen LogP contribution in [-0.4, -0.2) is 32.1 Å². The Labute approximate surface area is 106 Å². The Morgan fingerprint density at radius 3 is 2.89 bits per heavy atom. The van der Waals surface area contributed by atoms with E-state index in [1.807, 2.05) is 31.2 Å². The third-order valence-electron chi connectivity index (χ3n) is 2.85. The minimum atomic E-state index is -0.354. The largest absolute Gasteiger partial charge is 0.383 e. The zero-order chi connectivity index (χ0) is 13.0. The van der Waals surface area contributed by atoms with Crippen LogP contribution in [0, 0.1) is 6.92 Å². The van der Waals surface area contributed by atoms with Gasteiger partial charge in [0.2, 0.25) is 0 Å². The van der Waals surface area contributed by atoms with Crippen LogP contribution in [-0.2, 0) is 9.53 Å². The van der Waals surface area contributed by atoms with Gasteiger partial charge in [-0.1, -0.05) is 24.3 Å². The zero-order valence-corrected chi connectivity index (χ0v) is 10.6. The number of guanidine groups is 1. The maximum absolute atomic E-state index is 11.9. The van der Waals surface area contributed by atoms with Crippen molar-refractivity contribution in [3.63, 3.8) is 0 Å². The Balaban J connectivity index is 2.10. The van der Waals surface area contributed by atoms with Crippen molar-refractivity contribution in [1.29, 1.82) is 0 Å². The van der Waals surface area contributed by atoms with Crippen LogP contribution >= 0.6 is 0 Å². The summed E-state index contributed by atoms with van der Waals surface area (Å²) >= 11 is 0. The van der Waals surface area contributed by atoms with Gasteiger partial charge >= 0.3 is 0 Å². The molecule has 1 aliphatic heterocycles. The number of amides is 1. The Morgan fingerprint density at radius 2 is 2.17 bits per heavy atom. The maximum atomic E-state index is 11.9. The van der Waals surface area contributed by atoms with Gasteiger partial charge in [-0.25, -0.2) is 0 Å². The van der Waals surface area contributed by atoms with Gasteiger partial charge in [0.1, 0.15) is 6.04 Å². The quantitative estimate of drug-likeness (QED) is 0.772. The first kappa shape index (κ1) is 12.6. The van der Waals surface area contributed by atoms with E-state index in [9.17, 15) is 4.79 Å². The molecule has 1 fully saturated rings. The molecular formula is C13H17N3O2. The van der Waals surface area contributed by atoms with E-state index in [2.05, 4.69) is 15.6 Å². The van der Waals surface area contributed by atoms with Crippen molar-refractivity contribution in [3.05, 3.63) is 35.4 Å². The molecule has 1 heterocycles. The lowest BCUT2D eigenvalue weighted by Gasteiger charge is -2.10. The summed E-state index contributed by atoms with van der Waals surface area (Å²) in [7, 11) is 1.62. The van der Waals surface area contributed by atoms with E-state index in [1.54, 1.807) is 7.11 Å². The van der Waals surface area contributed by atoms with Gasteiger partial charge in [-0.2, -0.15) is 0 Å². The number of aliphatic imine (C=N–C) groups is 1. The Bertz CT molecular complexity index is 471. The van der Waals surface area contributed by atoms with Crippen LogP contribution in [0.2, 0.25) is 0 Å². The van der Waals surface area contributed by atoms with Gasteiger partial charge in [0.05, 0.1) is 13.2 Å². The van der Waals surface area contributed by atoms with Crippen LogP contribution in [0.15, 0.2) is 29.3 Å². The van der Waals surface area contributed by atoms with Crippen molar-refractivity contribution < 1.29 is 9.53 Å². The van der Waals surface area contributed by atoms with Crippen LogP contribution in [0.1, 0.15) is 17.2 Å². The van der Waals surface area contributed by atoms with Crippen molar-refractivity contribution in [2.75, 3.05) is 20.3 Å². The van der Waals surface area contributed by atoms with E-state index in [1.165, 1.54) is 0 Å². The van der Waals surface area contributed by atoms with Gasteiger partial charge in [-0.3, -0.25) is 15.1 Å². The van der Waals surface area contributed by atoms with Crippen molar-refractivity contribution in [1.82, 2.24) is 10.6 Å². The molecule has 2 N–H and O–H groups in total. The molecule has 18 heavy (non-hydrogen) atoms. The number of methoxy groups -OCH3 is 1. The third kappa shape index (κ3) is 2.68. The SMILES string of the molecule is COCCN=C1NC(=O)C(c2ccccc2C)N1. The fourth-order valence-electron chi connectivity index (χ4n) is 1.89. The predicted molar refractivity (Wildman–Crippen MR) is 69.4 cm³/mol. The van der Waals surface area contributed by atoms with E-state index in [0.717, 1.165) is 11.1 Å². The molecule has 96 valence electrons. The molecule has 2 rings (SSSR count). The number of carbonyl (C=O) groups is 1. The molecule has 1 atom stereocenters. The molecule has 0 radical (unpaired) electrons. The van der Waals surface area contributed by atoms with Gasteiger partial charge in [0, 0.05) is 7.11 Å². The van der Waals surface area contributed by atoms with Gasteiger partial charge in [-0.05, 0) is 18.1 Å². The molecule has 0 aliphatic carbocycles. The van der Waals surface area contributed by atoms with Crippen LogP contribution in [0.25, 0.3) is 0 Å². The molecule has 5 nitrogen and oxygen atoms in total. The monoisotopic (exact) mass is 247 g/mol. The molecule has 1 amide bonds. The standard InChI is InChI=1S/C13H17N3O2/c1-9-5-3-4-6-10(9)11-12(17)16-13(15-11)14-7-8-18-2/h3-6,11H,7-8H2,1-2H3,(H2,14,15,16,17). The molecule has 1 aromatic rings. The number of benzene rings is 1. The number of rotatable bonds is 4. The molecule has 1 aromatic carbocycles. The highest BCUT2D eigenvalue weighted by Gasteiger charge is 2.30. The van der Waals surface area contributed by atoms with Gasteiger partial charge in [0.25, 0.3) is 5.91 Å². The summed E-state index contributed by atoms with van der Waals surface area (Å²) in [4.78, 5) is 16.1. The molecule has 0 aromatic heterocycles. The summed E-state index contributed by atoms with van der Waals surface area (Å²) in [5.74, 6) is 0.450. The van der Waals surface area contributed by atoms with E-state index in [4.69, 9.17) is 4.74 Å². The second-order valence-electron chi connectivity index (χ2n) is 4.15. The minimum Gasteiger partial charge on any atom is -0.383 e. The van der Waals surface area contributed by atoms with Crippen molar-refractivity contribution in [2.24, 2.45) is 4.99 Å². The van der Waals surface area contributed by atoms with E-state index >= 15 is 0 Å².